The van der Waals surface area contributed by atoms with Crippen molar-refractivity contribution in [3.8, 4) is 0 Å². The van der Waals surface area contributed by atoms with E-state index in [0.717, 1.165) is 83.8 Å². The number of carbonyl (C=O) groups is 3. The molecule has 0 atom stereocenters. The van der Waals surface area contributed by atoms with E-state index >= 15 is 0 Å². The molecule has 2 rings (SSSR count). The largest absolute Gasteiger partial charge is 0.444 e. The van der Waals surface area contributed by atoms with Gasteiger partial charge in [0.25, 0.3) is 0 Å². The first-order valence-corrected chi connectivity index (χ1v) is 12.8. The number of amides is 2. The van der Waals surface area contributed by atoms with E-state index in [1.165, 1.54) is 0 Å². The van der Waals surface area contributed by atoms with Gasteiger partial charge in [-0.25, -0.2) is 9.59 Å². The van der Waals surface area contributed by atoms with Gasteiger partial charge in [-0.3, -0.25) is 0 Å². The molecule has 0 aromatic carbocycles. The molecule has 33 heavy (non-hydrogen) atoms. The van der Waals surface area contributed by atoms with Crippen LogP contribution in [0.2, 0.25) is 0 Å². The lowest BCUT2D eigenvalue weighted by Gasteiger charge is -2.34. The first-order chi connectivity index (χ1) is 15.4. The summed E-state index contributed by atoms with van der Waals surface area (Å²) in [6, 6.07) is 0. The van der Waals surface area contributed by atoms with Crippen molar-refractivity contribution in [3.05, 3.63) is 0 Å². The van der Waals surface area contributed by atoms with Crippen LogP contribution in [0.4, 0.5) is 9.59 Å². The van der Waals surface area contributed by atoms with Crippen molar-refractivity contribution >= 4 is 18.5 Å². The molecule has 0 aromatic heterocycles. The first-order valence-electron chi connectivity index (χ1n) is 12.8. The molecule has 0 aliphatic carbocycles. The Hall–Kier alpha value is -1.79. The molecular formula is C26H46N2O5. The predicted molar refractivity (Wildman–Crippen MR) is 129 cm³/mol. The molecule has 2 saturated heterocycles. The van der Waals surface area contributed by atoms with Gasteiger partial charge in [0, 0.05) is 32.1 Å². The second kappa shape index (κ2) is 12.1. The van der Waals surface area contributed by atoms with E-state index in [-0.39, 0.29) is 18.1 Å². The summed E-state index contributed by atoms with van der Waals surface area (Å²) < 4.78 is 10.9. The quantitative estimate of drug-likeness (QED) is 0.453. The van der Waals surface area contributed by atoms with Crippen LogP contribution in [0.5, 0.6) is 0 Å². The topological polar surface area (TPSA) is 76.2 Å². The fourth-order valence-electron chi connectivity index (χ4n) is 4.64. The minimum absolute atomic E-state index is 0.109. The molecule has 0 radical (unpaired) electrons. The lowest BCUT2D eigenvalue weighted by molar-refractivity contribution is -0.111. The van der Waals surface area contributed by atoms with Gasteiger partial charge >= 0.3 is 12.2 Å². The normalized spacial score (nSPS) is 19.0. The maximum atomic E-state index is 12.2. The molecule has 2 aliphatic heterocycles. The van der Waals surface area contributed by atoms with Crippen molar-refractivity contribution in [2.75, 3.05) is 26.2 Å². The SMILES string of the molecule is CC(C)(C)OC(=O)N1CCC(CCC(C=O)CCC2CCN(C(=O)OC(C)(C)C)CC2)CC1. The van der Waals surface area contributed by atoms with Crippen LogP contribution in [0.3, 0.4) is 0 Å². The predicted octanol–water partition coefficient (Wildman–Crippen LogP) is 5.66. The van der Waals surface area contributed by atoms with Crippen LogP contribution in [-0.4, -0.2) is 65.7 Å². The lowest BCUT2D eigenvalue weighted by Crippen LogP contribution is -2.41. The van der Waals surface area contributed by atoms with Crippen molar-refractivity contribution in [2.24, 2.45) is 17.8 Å². The van der Waals surface area contributed by atoms with Gasteiger partial charge in [-0.1, -0.05) is 0 Å². The zero-order valence-electron chi connectivity index (χ0n) is 21.7. The van der Waals surface area contributed by atoms with Gasteiger partial charge in [-0.15, -0.1) is 0 Å². The van der Waals surface area contributed by atoms with Gasteiger partial charge in [0.15, 0.2) is 0 Å². The molecule has 0 spiro atoms. The molecule has 190 valence electrons. The Bertz CT molecular complexity index is 584. The fraction of sp³-hybridized carbons (Fsp3) is 0.885. The Morgan fingerprint density at radius 3 is 1.36 bits per heavy atom. The minimum atomic E-state index is -0.461. The van der Waals surface area contributed by atoms with Crippen molar-refractivity contribution < 1.29 is 23.9 Å². The molecule has 7 heteroatoms. The maximum absolute atomic E-state index is 12.2. The number of piperidine rings is 2. The number of ether oxygens (including phenoxy) is 2. The van der Waals surface area contributed by atoms with E-state index in [0.29, 0.717) is 11.8 Å². The average Bonchev–Trinajstić information content (AvgIpc) is 2.72. The van der Waals surface area contributed by atoms with Gasteiger partial charge in [0.1, 0.15) is 17.5 Å². The highest BCUT2D eigenvalue weighted by Crippen LogP contribution is 2.29. The highest BCUT2D eigenvalue weighted by Gasteiger charge is 2.29. The zero-order valence-corrected chi connectivity index (χ0v) is 21.7. The van der Waals surface area contributed by atoms with Gasteiger partial charge in [-0.2, -0.15) is 0 Å². The van der Waals surface area contributed by atoms with Gasteiger partial charge < -0.3 is 24.1 Å². The molecule has 2 aliphatic rings. The molecular weight excluding hydrogens is 420 g/mol. The molecule has 0 saturated carbocycles. The number of hydrogen-bond acceptors (Lipinski definition) is 5. The van der Waals surface area contributed by atoms with Crippen LogP contribution in [0.25, 0.3) is 0 Å². The molecule has 0 unspecified atom stereocenters. The van der Waals surface area contributed by atoms with Crippen LogP contribution in [0.1, 0.15) is 92.9 Å². The third kappa shape index (κ3) is 10.3. The second-order valence-corrected chi connectivity index (χ2v) is 11.9. The van der Waals surface area contributed by atoms with Gasteiger partial charge in [0.05, 0.1) is 0 Å². The number of rotatable bonds is 7. The molecule has 0 N–H and O–H groups in total. The molecule has 0 aromatic rings. The summed E-state index contributed by atoms with van der Waals surface area (Å²) >= 11 is 0. The number of nitrogens with zero attached hydrogens (tertiary/aromatic N) is 2. The third-order valence-corrected chi connectivity index (χ3v) is 6.62. The van der Waals surface area contributed by atoms with Gasteiger partial charge in [-0.05, 0) is 105 Å². The summed E-state index contributed by atoms with van der Waals surface area (Å²) in [5.74, 6) is 1.25. The van der Waals surface area contributed by atoms with E-state index in [1.54, 1.807) is 0 Å². The van der Waals surface area contributed by atoms with Crippen LogP contribution in [-0.2, 0) is 14.3 Å². The number of likely N-dealkylation sites (tertiary alicyclic amines) is 2. The third-order valence-electron chi connectivity index (χ3n) is 6.62. The number of aldehydes is 1. The zero-order chi connectivity index (χ0) is 24.6. The maximum Gasteiger partial charge on any atom is 0.410 e. The van der Waals surface area contributed by atoms with E-state index in [4.69, 9.17) is 9.47 Å². The fourth-order valence-corrected chi connectivity index (χ4v) is 4.64. The Morgan fingerprint density at radius 1 is 0.758 bits per heavy atom. The number of carbonyl (C=O) groups excluding carboxylic acids is 3. The summed E-state index contributed by atoms with van der Waals surface area (Å²) in [5, 5.41) is 0. The van der Waals surface area contributed by atoms with E-state index < -0.39 is 11.2 Å². The van der Waals surface area contributed by atoms with Crippen molar-refractivity contribution in [1.82, 2.24) is 9.80 Å². The summed E-state index contributed by atoms with van der Waals surface area (Å²) in [6.07, 6.45) is 8.56. The summed E-state index contributed by atoms with van der Waals surface area (Å²) in [4.78, 5) is 39.7. The Balaban J connectivity index is 1.63. The highest BCUT2D eigenvalue weighted by atomic mass is 16.6. The first kappa shape index (κ1) is 27.5. The molecule has 0 bridgehead atoms. The van der Waals surface area contributed by atoms with Gasteiger partial charge in [0.2, 0.25) is 0 Å². The second-order valence-electron chi connectivity index (χ2n) is 11.9. The smallest absolute Gasteiger partial charge is 0.410 e. The molecule has 2 amide bonds. The summed E-state index contributed by atoms with van der Waals surface area (Å²) in [5.41, 5.74) is -0.922. The van der Waals surface area contributed by atoms with E-state index in [2.05, 4.69) is 0 Å². The van der Waals surface area contributed by atoms with Crippen molar-refractivity contribution in [1.29, 1.82) is 0 Å². The lowest BCUT2D eigenvalue weighted by atomic mass is 9.85. The van der Waals surface area contributed by atoms with Crippen LogP contribution < -0.4 is 0 Å². The minimum Gasteiger partial charge on any atom is -0.444 e. The van der Waals surface area contributed by atoms with Crippen molar-refractivity contribution in [3.63, 3.8) is 0 Å². The van der Waals surface area contributed by atoms with E-state index in [9.17, 15) is 14.4 Å². The number of hydrogen-bond donors (Lipinski definition) is 0. The Labute approximate surface area is 200 Å². The summed E-state index contributed by atoms with van der Waals surface area (Å²) in [7, 11) is 0. The van der Waals surface area contributed by atoms with Crippen LogP contribution in [0.15, 0.2) is 0 Å². The standard InChI is InChI=1S/C26H46N2O5/c1-25(2,3)32-23(30)27-15-11-20(12-16-27)7-9-22(19-29)10-8-21-13-17-28(18-14-21)24(31)33-26(4,5)6/h19-22H,7-18H2,1-6H3. The monoisotopic (exact) mass is 466 g/mol. The molecule has 7 nitrogen and oxygen atoms in total. The average molecular weight is 467 g/mol. The van der Waals surface area contributed by atoms with Crippen LogP contribution in [0, 0.1) is 17.8 Å². The Morgan fingerprint density at radius 2 is 1.09 bits per heavy atom. The molecule has 2 fully saturated rings. The highest BCUT2D eigenvalue weighted by molar-refractivity contribution is 5.68. The van der Waals surface area contributed by atoms with Crippen molar-refractivity contribution in [2.45, 2.75) is 104 Å². The Kier molecular flexibility index (Phi) is 10.0. The molecule has 2 heterocycles. The van der Waals surface area contributed by atoms with E-state index in [1.807, 2.05) is 51.3 Å². The van der Waals surface area contributed by atoms with Crippen LogP contribution >= 0.6 is 0 Å². The summed E-state index contributed by atoms with van der Waals surface area (Å²) in [6.45, 7) is 14.3.